The number of benzene rings is 1. The summed E-state index contributed by atoms with van der Waals surface area (Å²) in [7, 11) is 0. The van der Waals surface area contributed by atoms with E-state index in [1.165, 1.54) is 12.0 Å². The Bertz CT molecular complexity index is 996. The second-order valence-electron chi connectivity index (χ2n) is 14.2. The largest absolute Gasteiger partial charge is 0.508 e. The molecule has 0 aromatic heterocycles. The van der Waals surface area contributed by atoms with Gasteiger partial charge >= 0.3 is 0 Å². The fraction of sp³-hybridized carbons (Fsp3) is 0.800. The average Bonchev–Trinajstić information content (AvgIpc) is 3.00. The number of fused-ring (bicyclic) bond motifs is 2. The van der Waals surface area contributed by atoms with Gasteiger partial charge in [0.1, 0.15) is 12.0 Å². The summed E-state index contributed by atoms with van der Waals surface area (Å²) in [4.78, 5) is 12.2. The SMILES string of the molecule is C[C@H]1C(NCc2c(O)cc(C(C)(C)C)cc2C(C)(C)C)O[C@@H]2O[C@@]3(C)CC[C@H]4[C@H](C)CCC1[C@@]24OO3. The molecular weight excluding hydrogens is 454 g/mol. The summed E-state index contributed by atoms with van der Waals surface area (Å²) < 4.78 is 13.2. The van der Waals surface area contributed by atoms with Crippen LogP contribution in [0.4, 0.5) is 0 Å². The van der Waals surface area contributed by atoms with Crippen LogP contribution >= 0.6 is 0 Å². The van der Waals surface area contributed by atoms with Crippen LogP contribution in [0.1, 0.15) is 105 Å². The van der Waals surface area contributed by atoms with Crippen molar-refractivity contribution in [2.75, 3.05) is 0 Å². The van der Waals surface area contributed by atoms with Gasteiger partial charge in [-0.3, -0.25) is 5.32 Å². The molecule has 2 N–H and O–H groups in total. The van der Waals surface area contributed by atoms with Gasteiger partial charge in [0, 0.05) is 30.4 Å². The third kappa shape index (κ3) is 4.21. The molecule has 1 saturated carbocycles. The first kappa shape index (κ1) is 26.4. The van der Waals surface area contributed by atoms with Crippen molar-refractivity contribution >= 4 is 0 Å². The topological polar surface area (TPSA) is 69.2 Å². The maximum absolute atomic E-state index is 11.2. The molecule has 2 bridgehead atoms. The molecule has 36 heavy (non-hydrogen) atoms. The number of phenolic OH excluding ortho intramolecular Hbond substituents is 1. The summed E-state index contributed by atoms with van der Waals surface area (Å²) in [5.41, 5.74) is 2.56. The summed E-state index contributed by atoms with van der Waals surface area (Å²) in [6.45, 7) is 20.3. The van der Waals surface area contributed by atoms with Crippen molar-refractivity contribution in [3.8, 4) is 5.75 Å². The van der Waals surface area contributed by atoms with Crippen molar-refractivity contribution in [3.05, 3.63) is 28.8 Å². The first-order chi connectivity index (χ1) is 16.7. The molecule has 4 aliphatic heterocycles. The molecule has 5 fully saturated rings. The normalized spacial score (nSPS) is 40.6. The summed E-state index contributed by atoms with van der Waals surface area (Å²) in [6.07, 6.45) is 3.42. The summed E-state index contributed by atoms with van der Waals surface area (Å²) in [5.74, 6) is 0.958. The predicted octanol–water partition coefficient (Wildman–Crippen LogP) is 6.28. The molecule has 4 heterocycles. The average molecular weight is 502 g/mol. The van der Waals surface area contributed by atoms with E-state index in [0.29, 0.717) is 24.1 Å². The van der Waals surface area contributed by atoms with Crippen molar-refractivity contribution < 1.29 is 24.4 Å². The molecule has 6 heteroatoms. The molecule has 6 rings (SSSR count). The Morgan fingerprint density at radius 2 is 1.69 bits per heavy atom. The monoisotopic (exact) mass is 501 g/mol. The summed E-state index contributed by atoms with van der Waals surface area (Å²) in [5, 5.41) is 14.8. The van der Waals surface area contributed by atoms with Crippen LogP contribution in [0.25, 0.3) is 0 Å². The van der Waals surface area contributed by atoms with Gasteiger partial charge in [0.25, 0.3) is 0 Å². The third-order valence-corrected chi connectivity index (χ3v) is 9.54. The quantitative estimate of drug-likeness (QED) is 0.475. The zero-order valence-electron chi connectivity index (χ0n) is 23.7. The number of phenols is 1. The second-order valence-corrected chi connectivity index (χ2v) is 14.2. The molecule has 2 unspecified atom stereocenters. The Labute approximate surface area is 217 Å². The smallest absolute Gasteiger partial charge is 0.201 e. The first-order valence-corrected chi connectivity index (χ1v) is 14.0. The van der Waals surface area contributed by atoms with E-state index in [1.54, 1.807) is 0 Å². The highest BCUT2D eigenvalue weighted by atomic mass is 17.3. The molecule has 1 aromatic carbocycles. The summed E-state index contributed by atoms with van der Waals surface area (Å²) >= 11 is 0. The van der Waals surface area contributed by atoms with Gasteiger partial charge in [0.15, 0.2) is 11.9 Å². The molecule has 0 amide bonds. The highest BCUT2D eigenvalue weighted by Crippen LogP contribution is 2.60. The molecule has 202 valence electrons. The van der Waals surface area contributed by atoms with Crippen molar-refractivity contribution in [3.63, 3.8) is 0 Å². The Kier molecular flexibility index (Phi) is 6.36. The first-order valence-electron chi connectivity index (χ1n) is 14.0. The number of rotatable bonds is 3. The number of hydrogen-bond donors (Lipinski definition) is 2. The minimum Gasteiger partial charge on any atom is -0.508 e. The number of aromatic hydroxyl groups is 1. The van der Waals surface area contributed by atoms with Gasteiger partial charge in [-0.05, 0) is 66.0 Å². The lowest BCUT2D eigenvalue weighted by molar-refractivity contribution is -0.571. The lowest BCUT2D eigenvalue weighted by Crippen LogP contribution is -2.71. The Morgan fingerprint density at radius 3 is 2.36 bits per heavy atom. The minimum atomic E-state index is -0.775. The Morgan fingerprint density at radius 1 is 0.972 bits per heavy atom. The standard InChI is InChI=1S/C30H47NO5/c1-17-10-11-22-18(2)25(33-26-30(22)21(17)12-13-29(9,34-26)35-36-30)31-16-20-23(28(6,7)8)14-19(15-24(20)32)27(3,4)5/h14-15,17-18,21-22,25-26,31-32H,10-13,16H2,1-9H3/t17-,18-,21+,22?,25?,26-,29-,30-/m1/s1. The van der Waals surface area contributed by atoms with Gasteiger partial charge in [-0.25, -0.2) is 9.78 Å². The van der Waals surface area contributed by atoms with Crippen LogP contribution in [0, 0.1) is 23.7 Å². The molecule has 1 spiro atoms. The van der Waals surface area contributed by atoms with Gasteiger partial charge in [-0.2, -0.15) is 0 Å². The zero-order valence-corrected chi connectivity index (χ0v) is 23.7. The number of hydrogen-bond acceptors (Lipinski definition) is 6. The van der Waals surface area contributed by atoms with Crippen LogP contribution in [0.3, 0.4) is 0 Å². The molecule has 1 aliphatic carbocycles. The van der Waals surface area contributed by atoms with E-state index in [-0.39, 0.29) is 28.9 Å². The van der Waals surface area contributed by atoms with Crippen LogP contribution in [0.2, 0.25) is 0 Å². The van der Waals surface area contributed by atoms with Crippen LogP contribution < -0.4 is 5.32 Å². The second kappa shape index (κ2) is 8.67. The predicted molar refractivity (Wildman–Crippen MR) is 139 cm³/mol. The molecular formula is C30H47NO5. The number of ether oxygens (including phenoxy) is 2. The zero-order chi connectivity index (χ0) is 26.3. The maximum atomic E-state index is 11.2. The van der Waals surface area contributed by atoms with Crippen LogP contribution in [0.5, 0.6) is 5.75 Å². The Hall–Kier alpha value is -1.18. The van der Waals surface area contributed by atoms with Crippen molar-refractivity contribution in [1.29, 1.82) is 0 Å². The van der Waals surface area contributed by atoms with Gasteiger partial charge < -0.3 is 14.6 Å². The van der Waals surface area contributed by atoms with Gasteiger partial charge in [-0.1, -0.05) is 61.5 Å². The van der Waals surface area contributed by atoms with Crippen LogP contribution in [-0.4, -0.2) is 29.0 Å². The molecule has 4 saturated heterocycles. The lowest BCUT2D eigenvalue weighted by atomic mass is 9.58. The van der Waals surface area contributed by atoms with Gasteiger partial charge in [0.05, 0.1) is 0 Å². The molecule has 8 atom stereocenters. The summed E-state index contributed by atoms with van der Waals surface area (Å²) in [6, 6.07) is 4.20. The van der Waals surface area contributed by atoms with E-state index in [2.05, 4.69) is 66.8 Å². The van der Waals surface area contributed by atoms with Crippen LogP contribution in [0.15, 0.2) is 12.1 Å². The molecule has 6 nitrogen and oxygen atoms in total. The van der Waals surface area contributed by atoms with Crippen molar-refractivity contribution in [2.24, 2.45) is 23.7 Å². The molecule has 5 aliphatic rings. The lowest BCUT2D eigenvalue weighted by Gasteiger charge is -2.60. The van der Waals surface area contributed by atoms with E-state index in [1.807, 2.05) is 13.0 Å². The Balaban J connectivity index is 1.44. The van der Waals surface area contributed by atoms with E-state index < -0.39 is 17.7 Å². The fourth-order valence-electron chi connectivity index (χ4n) is 7.29. The number of nitrogens with one attached hydrogen (secondary N) is 1. The van der Waals surface area contributed by atoms with Crippen LogP contribution in [-0.2, 0) is 36.6 Å². The maximum Gasteiger partial charge on any atom is 0.201 e. The molecule has 0 radical (unpaired) electrons. The van der Waals surface area contributed by atoms with Gasteiger partial charge in [0.2, 0.25) is 5.79 Å². The van der Waals surface area contributed by atoms with Gasteiger partial charge in [-0.15, -0.1) is 0 Å². The van der Waals surface area contributed by atoms with E-state index in [0.717, 1.165) is 30.4 Å². The van der Waals surface area contributed by atoms with E-state index >= 15 is 0 Å². The van der Waals surface area contributed by atoms with E-state index in [9.17, 15) is 5.11 Å². The third-order valence-electron chi connectivity index (χ3n) is 9.54. The molecule has 1 aromatic rings. The highest BCUT2D eigenvalue weighted by Gasteiger charge is 2.69. The van der Waals surface area contributed by atoms with Crippen molar-refractivity contribution in [1.82, 2.24) is 5.32 Å². The highest BCUT2D eigenvalue weighted by molar-refractivity contribution is 5.48. The minimum absolute atomic E-state index is 0.0399. The van der Waals surface area contributed by atoms with E-state index in [4.69, 9.17) is 19.2 Å². The van der Waals surface area contributed by atoms with Crippen molar-refractivity contribution in [2.45, 2.75) is 129 Å². The fourth-order valence-corrected chi connectivity index (χ4v) is 7.29.